The van der Waals surface area contributed by atoms with Gasteiger partial charge in [-0.05, 0) is 31.9 Å². The molecule has 0 aromatic heterocycles. The molecule has 1 fully saturated rings. The van der Waals surface area contributed by atoms with E-state index in [2.05, 4.69) is 0 Å². The molecule has 0 amide bonds. The van der Waals surface area contributed by atoms with Gasteiger partial charge in [0.2, 0.25) is 0 Å². The Kier molecular flexibility index (Phi) is 3.63. The molecule has 0 spiro atoms. The predicted molar refractivity (Wildman–Crippen MR) is 51.5 cm³/mol. The van der Waals surface area contributed by atoms with Gasteiger partial charge >= 0.3 is 5.97 Å². The first kappa shape index (κ1) is 10.7. The SMILES string of the molecule is Cc1ccc(F)cc1.O=C(O)C1CC1. The number of hydrogen-bond donors (Lipinski definition) is 1. The third-order valence-electron chi connectivity index (χ3n) is 1.94. The van der Waals surface area contributed by atoms with E-state index in [9.17, 15) is 9.18 Å². The molecule has 1 N–H and O–H groups in total. The maximum atomic E-state index is 12.1. The van der Waals surface area contributed by atoms with Crippen LogP contribution in [0, 0.1) is 18.7 Å². The Labute approximate surface area is 82.4 Å². The Hall–Kier alpha value is -1.38. The minimum Gasteiger partial charge on any atom is -0.481 e. The number of halogens is 1. The van der Waals surface area contributed by atoms with Crippen molar-refractivity contribution in [2.45, 2.75) is 19.8 Å². The lowest BCUT2D eigenvalue weighted by Crippen LogP contribution is -1.94. The fraction of sp³-hybridized carbons (Fsp3) is 0.364. The van der Waals surface area contributed by atoms with Gasteiger partial charge in [0, 0.05) is 0 Å². The van der Waals surface area contributed by atoms with E-state index in [1.165, 1.54) is 12.1 Å². The highest BCUT2D eigenvalue weighted by Gasteiger charge is 2.28. The topological polar surface area (TPSA) is 37.3 Å². The molecule has 3 heteroatoms. The van der Waals surface area contributed by atoms with Crippen LogP contribution in [0.4, 0.5) is 4.39 Å². The van der Waals surface area contributed by atoms with Gasteiger partial charge in [-0.1, -0.05) is 17.7 Å². The summed E-state index contributed by atoms with van der Waals surface area (Å²) in [7, 11) is 0. The Morgan fingerprint density at radius 3 is 2.07 bits per heavy atom. The molecule has 1 aromatic rings. The number of hydrogen-bond acceptors (Lipinski definition) is 1. The van der Waals surface area contributed by atoms with Crippen molar-refractivity contribution in [2.24, 2.45) is 5.92 Å². The molecule has 0 saturated heterocycles. The van der Waals surface area contributed by atoms with Gasteiger partial charge in [0.05, 0.1) is 5.92 Å². The van der Waals surface area contributed by atoms with Crippen LogP contribution in [-0.4, -0.2) is 11.1 Å². The molecule has 0 heterocycles. The van der Waals surface area contributed by atoms with Gasteiger partial charge in [-0.2, -0.15) is 0 Å². The van der Waals surface area contributed by atoms with Gasteiger partial charge in [0.25, 0.3) is 0 Å². The van der Waals surface area contributed by atoms with Crippen LogP contribution in [0.3, 0.4) is 0 Å². The maximum Gasteiger partial charge on any atom is 0.306 e. The number of carboxylic acids is 1. The molecule has 2 nitrogen and oxygen atoms in total. The third kappa shape index (κ3) is 4.03. The largest absolute Gasteiger partial charge is 0.481 e. The number of benzene rings is 1. The molecule has 0 aliphatic heterocycles. The van der Waals surface area contributed by atoms with Gasteiger partial charge in [0.1, 0.15) is 5.82 Å². The molecule has 0 unspecified atom stereocenters. The zero-order valence-corrected chi connectivity index (χ0v) is 8.03. The average molecular weight is 196 g/mol. The maximum absolute atomic E-state index is 12.1. The van der Waals surface area contributed by atoms with Gasteiger partial charge in [0.15, 0.2) is 0 Å². The molecule has 1 aromatic carbocycles. The lowest BCUT2D eigenvalue weighted by Gasteiger charge is -1.87. The summed E-state index contributed by atoms with van der Waals surface area (Å²) in [5.41, 5.74) is 1.09. The van der Waals surface area contributed by atoms with E-state index >= 15 is 0 Å². The quantitative estimate of drug-likeness (QED) is 0.749. The summed E-state index contributed by atoms with van der Waals surface area (Å²) in [5, 5.41) is 8.05. The van der Waals surface area contributed by atoms with Gasteiger partial charge < -0.3 is 5.11 Å². The molecular formula is C11H13FO2. The zero-order valence-electron chi connectivity index (χ0n) is 8.03. The predicted octanol–water partition coefficient (Wildman–Crippen LogP) is 2.62. The minimum absolute atomic E-state index is 0.0185. The number of aryl methyl sites for hydroxylation is 1. The Morgan fingerprint density at radius 2 is 1.86 bits per heavy atom. The molecule has 0 atom stereocenters. The molecule has 2 rings (SSSR count). The molecule has 1 aliphatic rings. The van der Waals surface area contributed by atoms with Crippen molar-refractivity contribution in [1.82, 2.24) is 0 Å². The molecule has 0 radical (unpaired) electrons. The van der Waals surface area contributed by atoms with Crippen molar-refractivity contribution in [2.75, 3.05) is 0 Å². The average Bonchev–Trinajstić information content (AvgIpc) is 2.94. The molecular weight excluding hydrogens is 183 g/mol. The monoisotopic (exact) mass is 196 g/mol. The molecule has 1 saturated carbocycles. The van der Waals surface area contributed by atoms with E-state index < -0.39 is 5.97 Å². The number of rotatable bonds is 1. The normalized spacial score (nSPS) is 14.1. The van der Waals surface area contributed by atoms with Crippen molar-refractivity contribution >= 4 is 5.97 Å². The Morgan fingerprint density at radius 1 is 1.36 bits per heavy atom. The van der Waals surface area contributed by atoms with Crippen LogP contribution in [0.25, 0.3) is 0 Å². The standard InChI is InChI=1S/C7H7F.C4H6O2/c1-6-2-4-7(8)5-3-6;5-4(6)3-1-2-3/h2-5H,1H3;3H,1-2H2,(H,5,6). The number of carbonyl (C=O) groups is 1. The van der Waals surface area contributed by atoms with Crippen LogP contribution >= 0.6 is 0 Å². The van der Waals surface area contributed by atoms with E-state index in [0.29, 0.717) is 0 Å². The molecule has 76 valence electrons. The number of aliphatic carboxylic acids is 1. The lowest BCUT2D eigenvalue weighted by molar-refractivity contribution is -0.138. The van der Waals surface area contributed by atoms with E-state index in [-0.39, 0.29) is 11.7 Å². The van der Waals surface area contributed by atoms with E-state index in [1.807, 2.05) is 6.92 Å². The Bertz CT molecular complexity index is 281. The van der Waals surface area contributed by atoms with Crippen molar-refractivity contribution in [3.8, 4) is 0 Å². The van der Waals surface area contributed by atoms with Crippen LogP contribution in [0.1, 0.15) is 18.4 Å². The second-order valence-corrected chi connectivity index (χ2v) is 3.41. The first-order valence-corrected chi connectivity index (χ1v) is 4.54. The van der Waals surface area contributed by atoms with E-state index in [0.717, 1.165) is 18.4 Å². The molecule has 0 bridgehead atoms. The summed E-state index contributed by atoms with van der Waals surface area (Å²) in [4.78, 5) is 9.76. The summed E-state index contributed by atoms with van der Waals surface area (Å²) >= 11 is 0. The first-order chi connectivity index (χ1) is 6.59. The fourth-order valence-corrected chi connectivity index (χ4v) is 0.864. The summed E-state index contributed by atoms with van der Waals surface area (Å²) in [5.74, 6) is -0.782. The highest BCUT2D eigenvalue weighted by Crippen LogP contribution is 2.28. The van der Waals surface area contributed by atoms with Crippen molar-refractivity contribution in [3.63, 3.8) is 0 Å². The van der Waals surface area contributed by atoms with Crippen LogP contribution < -0.4 is 0 Å². The second kappa shape index (κ2) is 4.74. The lowest BCUT2D eigenvalue weighted by atomic mass is 10.2. The van der Waals surface area contributed by atoms with Crippen LogP contribution in [0.2, 0.25) is 0 Å². The molecule has 1 aliphatic carbocycles. The molecule has 14 heavy (non-hydrogen) atoms. The summed E-state index contributed by atoms with van der Waals surface area (Å²) in [6.45, 7) is 1.93. The summed E-state index contributed by atoms with van der Waals surface area (Å²) in [6.07, 6.45) is 1.80. The highest BCUT2D eigenvalue weighted by molar-refractivity contribution is 5.72. The summed E-state index contributed by atoms with van der Waals surface area (Å²) in [6, 6.07) is 6.40. The fourth-order valence-electron chi connectivity index (χ4n) is 0.864. The number of carboxylic acid groups (broad SMARTS) is 1. The van der Waals surface area contributed by atoms with Gasteiger partial charge in [-0.15, -0.1) is 0 Å². The van der Waals surface area contributed by atoms with Crippen LogP contribution in [-0.2, 0) is 4.79 Å². The highest BCUT2D eigenvalue weighted by atomic mass is 19.1. The van der Waals surface area contributed by atoms with Crippen molar-refractivity contribution in [1.29, 1.82) is 0 Å². The smallest absolute Gasteiger partial charge is 0.306 e. The van der Waals surface area contributed by atoms with E-state index in [4.69, 9.17) is 5.11 Å². The first-order valence-electron chi connectivity index (χ1n) is 4.54. The summed E-state index contributed by atoms with van der Waals surface area (Å²) < 4.78 is 12.1. The minimum atomic E-state index is -0.630. The van der Waals surface area contributed by atoms with Crippen LogP contribution in [0.15, 0.2) is 24.3 Å². The Balaban J connectivity index is 0.000000146. The third-order valence-corrected chi connectivity index (χ3v) is 1.94. The second-order valence-electron chi connectivity index (χ2n) is 3.41. The van der Waals surface area contributed by atoms with Gasteiger partial charge in [-0.25, -0.2) is 4.39 Å². The van der Waals surface area contributed by atoms with Crippen LogP contribution in [0.5, 0.6) is 0 Å². The van der Waals surface area contributed by atoms with Crippen molar-refractivity contribution in [3.05, 3.63) is 35.6 Å². The zero-order chi connectivity index (χ0) is 10.6. The van der Waals surface area contributed by atoms with Gasteiger partial charge in [-0.3, -0.25) is 4.79 Å². The van der Waals surface area contributed by atoms with Crippen molar-refractivity contribution < 1.29 is 14.3 Å². The van der Waals surface area contributed by atoms with E-state index in [1.54, 1.807) is 12.1 Å².